The van der Waals surface area contributed by atoms with Gasteiger partial charge in [0, 0.05) is 10.9 Å². The molecule has 0 aliphatic heterocycles. The first-order valence-corrected chi connectivity index (χ1v) is 7.54. The smallest absolute Gasteiger partial charge is 0.0133 e. The number of hydrogen-bond donors (Lipinski definition) is 1. The van der Waals surface area contributed by atoms with Crippen LogP contribution in [0.25, 0.3) is 0 Å². The van der Waals surface area contributed by atoms with Crippen LogP contribution in [0.4, 0.5) is 0 Å². The zero-order valence-corrected chi connectivity index (χ0v) is 11.6. The Kier molecular flexibility index (Phi) is 3.77. The fourth-order valence-corrected chi connectivity index (χ4v) is 4.35. The van der Waals surface area contributed by atoms with Crippen LogP contribution >= 0.6 is 15.9 Å². The molecule has 2 heteroatoms. The highest BCUT2D eigenvalue weighted by molar-refractivity contribution is 9.09. The number of nitrogens with one attached hydrogen (secondary N) is 1. The third kappa shape index (κ3) is 2.97. The second kappa shape index (κ2) is 4.75. The van der Waals surface area contributed by atoms with Gasteiger partial charge in [-0.15, -0.1) is 0 Å². The van der Waals surface area contributed by atoms with E-state index in [1.807, 2.05) is 0 Å². The molecule has 0 radical (unpaired) electrons. The molecule has 0 saturated heterocycles. The summed E-state index contributed by atoms with van der Waals surface area (Å²) in [6.45, 7) is 5.89. The standard InChI is InChI=1S/C13H24BrN/c1-13(2,5-6-14)15-9-12-8-10-3-4-11(12)7-10/h10-12,15H,3-9H2,1-2H3. The molecule has 88 valence electrons. The summed E-state index contributed by atoms with van der Waals surface area (Å²) in [6, 6.07) is 0. The van der Waals surface area contributed by atoms with Crippen LogP contribution in [0.15, 0.2) is 0 Å². The van der Waals surface area contributed by atoms with E-state index in [1.54, 1.807) is 0 Å². The highest BCUT2D eigenvalue weighted by Gasteiger charge is 2.39. The Bertz CT molecular complexity index is 215. The topological polar surface area (TPSA) is 12.0 Å². The average molecular weight is 274 g/mol. The lowest BCUT2D eigenvalue weighted by molar-refractivity contribution is 0.275. The Hall–Kier alpha value is 0.440. The number of halogens is 1. The van der Waals surface area contributed by atoms with Gasteiger partial charge in [-0.1, -0.05) is 22.4 Å². The summed E-state index contributed by atoms with van der Waals surface area (Å²) < 4.78 is 0. The van der Waals surface area contributed by atoms with Gasteiger partial charge in [0.25, 0.3) is 0 Å². The minimum atomic E-state index is 0.311. The van der Waals surface area contributed by atoms with Gasteiger partial charge < -0.3 is 5.32 Å². The van der Waals surface area contributed by atoms with Crippen LogP contribution in [-0.4, -0.2) is 17.4 Å². The lowest BCUT2D eigenvalue weighted by atomic mass is 9.88. The van der Waals surface area contributed by atoms with E-state index in [1.165, 1.54) is 38.6 Å². The molecule has 3 atom stereocenters. The summed E-state index contributed by atoms with van der Waals surface area (Å²) in [5, 5.41) is 4.86. The summed E-state index contributed by atoms with van der Waals surface area (Å²) >= 11 is 3.53. The molecule has 3 unspecified atom stereocenters. The monoisotopic (exact) mass is 273 g/mol. The van der Waals surface area contributed by atoms with Gasteiger partial charge in [-0.25, -0.2) is 0 Å². The molecule has 0 spiro atoms. The largest absolute Gasteiger partial charge is 0.311 e. The summed E-state index contributed by atoms with van der Waals surface area (Å²) in [4.78, 5) is 0. The SMILES string of the molecule is CC(C)(CCBr)NCC1CC2CCC1C2. The van der Waals surface area contributed by atoms with Crippen molar-refractivity contribution in [3.63, 3.8) is 0 Å². The minimum absolute atomic E-state index is 0.311. The molecular formula is C13H24BrN. The molecule has 2 bridgehead atoms. The van der Waals surface area contributed by atoms with Crippen molar-refractivity contribution in [3.05, 3.63) is 0 Å². The van der Waals surface area contributed by atoms with Crippen molar-refractivity contribution in [1.82, 2.24) is 5.32 Å². The molecule has 2 rings (SSSR count). The minimum Gasteiger partial charge on any atom is -0.311 e. The van der Waals surface area contributed by atoms with Crippen molar-refractivity contribution in [2.75, 3.05) is 11.9 Å². The molecule has 1 nitrogen and oxygen atoms in total. The first-order valence-electron chi connectivity index (χ1n) is 6.42. The molecule has 0 amide bonds. The Morgan fingerprint density at radius 3 is 2.60 bits per heavy atom. The van der Waals surface area contributed by atoms with Crippen molar-refractivity contribution in [2.45, 2.75) is 51.5 Å². The number of fused-ring (bicyclic) bond motifs is 2. The molecule has 0 aromatic rings. The molecule has 1 N–H and O–H groups in total. The number of alkyl halides is 1. The van der Waals surface area contributed by atoms with Crippen LogP contribution < -0.4 is 5.32 Å². The zero-order chi connectivity index (χ0) is 10.9. The lowest BCUT2D eigenvalue weighted by Gasteiger charge is -2.30. The highest BCUT2D eigenvalue weighted by Crippen LogP contribution is 2.48. The Labute approximate surface area is 103 Å². The van der Waals surface area contributed by atoms with Gasteiger partial charge in [-0.2, -0.15) is 0 Å². The summed E-state index contributed by atoms with van der Waals surface area (Å²) in [7, 11) is 0. The van der Waals surface area contributed by atoms with Crippen LogP contribution in [0.3, 0.4) is 0 Å². The van der Waals surface area contributed by atoms with Crippen LogP contribution in [0.1, 0.15) is 46.0 Å². The maximum Gasteiger partial charge on any atom is 0.0133 e. The van der Waals surface area contributed by atoms with Crippen LogP contribution in [0.5, 0.6) is 0 Å². The Morgan fingerprint density at radius 2 is 2.07 bits per heavy atom. The maximum absolute atomic E-state index is 3.76. The van der Waals surface area contributed by atoms with Crippen molar-refractivity contribution >= 4 is 15.9 Å². The fraction of sp³-hybridized carbons (Fsp3) is 1.00. The van der Waals surface area contributed by atoms with E-state index in [-0.39, 0.29) is 0 Å². The molecule has 0 aromatic carbocycles. The summed E-state index contributed by atoms with van der Waals surface area (Å²) in [5.41, 5.74) is 0.311. The third-order valence-electron chi connectivity index (χ3n) is 4.45. The van der Waals surface area contributed by atoms with Gasteiger partial charge in [0.15, 0.2) is 0 Å². The van der Waals surface area contributed by atoms with Gasteiger partial charge in [-0.05, 0) is 63.8 Å². The van der Waals surface area contributed by atoms with E-state index in [0.29, 0.717) is 5.54 Å². The van der Waals surface area contributed by atoms with Crippen molar-refractivity contribution < 1.29 is 0 Å². The highest BCUT2D eigenvalue weighted by atomic mass is 79.9. The maximum atomic E-state index is 3.76. The predicted molar refractivity (Wildman–Crippen MR) is 69.4 cm³/mol. The molecule has 2 aliphatic rings. The number of rotatable bonds is 5. The van der Waals surface area contributed by atoms with Crippen LogP contribution in [0.2, 0.25) is 0 Å². The van der Waals surface area contributed by atoms with Crippen molar-refractivity contribution in [3.8, 4) is 0 Å². The third-order valence-corrected chi connectivity index (χ3v) is 4.84. The second-order valence-electron chi connectivity index (χ2n) is 6.14. The van der Waals surface area contributed by atoms with Gasteiger partial charge in [0.1, 0.15) is 0 Å². The normalized spacial score (nSPS) is 35.0. The molecule has 0 heterocycles. The Morgan fingerprint density at radius 1 is 1.27 bits per heavy atom. The van der Waals surface area contributed by atoms with E-state index in [4.69, 9.17) is 0 Å². The first-order chi connectivity index (χ1) is 7.11. The quantitative estimate of drug-likeness (QED) is 0.756. The van der Waals surface area contributed by atoms with Crippen LogP contribution in [-0.2, 0) is 0 Å². The summed E-state index contributed by atoms with van der Waals surface area (Å²) in [6.07, 6.45) is 7.28. The van der Waals surface area contributed by atoms with E-state index in [2.05, 4.69) is 35.1 Å². The van der Waals surface area contributed by atoms with Crippen LogP contribution in [0, 0.1) is 17.8 Å². The van der Waals surface area contributed by atoms with Gasteiger partial charge >= 0.3 is 0 Å². The first kappa shape index (κ1) is 11.9. The van der Waals surface area contributed by atoms with E-state index < -0.39 is 0 Å². The average Bonchev–Trinajstić information content (AvgIpc) is 2.75. The van der Waals surface area contributed by atoms with Crippen molar-refractivity contribution in [1.29, 1.82) is 0 Å². The lowest BCUT2D eigenvalue weighted by Crippen LogP contribution is -2.43. The van der Waals surface area contributed by atoms with Gasteiger partial charge in [0.2, 0.25) is 0 Å². The fourth-order valence-electron chi connectivity index (χ4n) is 3.36. The molecule has 0 aromatic heterocycles. The molecule has 15 heavy (non-hydrogen) atoms. The molecule has 2 saturated carbocycles. The molecule has 2 fully saturated rings. The zero-order valence-electron chi connectivity index (χ0n) is 10.1. The van der Waals surface area contributed by atoms with Gasteiger partial charge in [-0.3, -0.25) is 0 Å². The second-order valence-corrected chi connectivity index (χ2v) is 6.93. The molecular weight excluding hydrogens is 250 g/mol. The molecule has 2 aliphatic carbocycles. The predicted octanol–water partition coefficient (Wildman–Crippen LogP) is 3.58. The van der Waals surface area contributed by atoms with Crippen molar-refractivity contribution in [2.24, 2.45) is 17.8 Å². The van der Waals surface area contributed by atoms with E-state index >= 15 is 0 Å². The van der Waals surface area contributed by atoms with E-state index in [0.717, 1.165) is 23.1 Å². The summed E-state index contributed by atoms with van der Waals surface area (Å²) in [5.74, 6) is 3.13. The van der Waals surface area contributed by atoms with E-state index in [9.17, 15) is 0 Å². The number of hydrogen-bond acceptors (Lipinski definition) is 1. The van der Waals surface area contributed by atoms with Gasteiger partial charge in [0.05, 0.1) is 0 Å². The Balaban J connectivity index is 1.74.